The molecule has 0 bridgehead atoms. The second-order valence-electron chi connectivity index (χ2n) is 7.04. The summed E-state index contributed by atoms with van der Waals surface area (Å²) >= 11 is 0. The molecule has 0 radical (unpaired) electrons. The first-order valence-corrected chi connectivity index (χ1v) is 8.74. The van der Waals surface area contributed by atoms with Gasteiger partial charge in [0.1, 0.15) is 5.76 Å². The first-order chi connectivity index (χ1) is 11.0. The highest BCUT2D eigenvalue weighted by Gasteiger charge is 2.24. The molecular weight excluding hydrogens is 288 g/mol. The van der Waals surface area contributed by atoms with E-state index in [4.69, 9.17) is 9.41 Å². The number of piperidine rings is 1. The average Bonchev–Trinajstić information content (AvgIpc) is 2.99. The largest absolute Gasteiger partial charge is 0.468 e. The van der Waals surface area contributed by atoms with Crippen LogP contribution in [0.4, 0.5) is 0 Å². The fourth-order valence-corrected chi connectivity index (χ4v) is 3.42. The van der Waals surface area contributed by atoms with Crippen LogP contribution in [0.5, 0.6) is 0 Å². The fourth-order valence-electron chi connectivity index (χ4n) is 3.42. The van der Waals surface area contributed by atoms with E-state index in [0.29, 0.717) is 6.54 Å². The van der Waals surface area contributed by atoms with Crippen molar-refractivity contribution in [2.24, 2.45) is 16.8 Å². The maximum Gasteiger partial charge on any atom is 0.194 e. The summed E-state index contributed by atoms with van der Waals surface area (Å²) in [6, 6.07) is 4.13. The van der Waals surface area contributed by atoms with Crippen LogP contribution in [-0.2, 0) is 0 Å². The van der Waals surface area contributed by atoms with Gasteiger partial charge in [0, 0.05) is 19.6 Å². The van der Waals surface area contributed by atoms with Gasteiger partial charge >= 0.3 is 0 Å². The highest BCUT2D eigenvalue weighted by Crippen LogP contribution is 2.22. The van der Waals surface area contributed by atoms with Crippen molar-refractivity contribution < 1.29 is 4.42 Å². The van der Waals surface area contributed by atoms with Crippen LogP contribution in [0.15, 0.2) is 27.8 Å². The van der Waals surface area contributed by atoms with E-state index in [1.54, 1.807) is 6.26 Å². The number of nitrogens with one attached hydrogen (secondary N) is 1. The third kappa shape index (κ3) is 4.99. The number of hydrogen-bond acceptors (Lipinski definition) is 3. The second-order valence-corrected chi connectivity index (χ2v) is 7.04. The Bertz CT molecular complexity index is 473. The number of likely N-dealkylation sites (N-methyl/N-ethyl adjacent to an activating group) is 1. The SMILES string of the molecule is CCNC(=NCC(c1ccco1)N(C)C)N1CC(C)CC(C)C1. The summed E-state index contributed by atoms with van der Waals surface area (Å²) in [7, 11) is 4.14. The zero-order valence-corrected chi connectivity index (χ0v) is 15.2. The van der Waals surface area contributed by atoms with Crippen molar-refractivity contribution in [3.8, 4) is 0 Å². The molecule has 1 aliphatic heterocycles. The van der Waals surface area contributed by atoms with E-state index in [1.807, 2.05) is 12.1 Å². The monoisotopic (exact) mass is 320 g/mol. The third-order valence-corrected chi connectivity index (χ3v) is 4.41. The second kappa shape index (κ2) is 8.39. The van der Waals surface area contributed by atoms with Gasteiger partial charge in [-0.15, -0.1) is 0 Å². The van der Waals surface area contributed by atoms with Crippen LogP contribution in [0.2, 0.25) is 0 Å². The summed E-state index contributed by atoms with van der Waals surface area (Å²) in [6.45, 7) is 10.6. The summed E-state index contributed by atoms with van der Waals surface area (Å²) < 4.78 is 5.58. The number of nitrogens with zero attached hydrogens (tertiary/aromatic N) is 3. The molecule has 3 unspecified atom stereocenters. The Morgan fingerprint density at radius 3 is 2.61 bits per heavy atom. The molecule has 1 saturated heterocycles. The van der Waals surface area contributed by atoms with Crippen molar-refractivity contribution in [1.82, 2.24) is 15.1 Å². The number of hydrogen-bond donors (Lipinski definition) is 1. The topological polar surface area (TPSA) is 44.0 Å². The lowest BCUT2D eigenvalue weighted by atomic mass is 9.92. The van der Waals surface area contributed by atoms with Crippen LogP contribution in [0.1, 0.15) is 39.0 Å². The highest BCUT2D eigenvalue weighted by molar-refractivity contribution is 5.80. The van der Waals surface area contributed by atoms with Gasteiger partial charge in [-0.2, -0.15) is 0 Å². The Morgan fingerprint density at radius 2 is 2.09 bits per heavy atom. The first-order valence-electron chi connectivity index (χ1n) is 8.74. The van der Waals surface area contributed by atoms with Gasteiger partial charge in [0.15, 0.2) is 5.96 Å². The molecule has 1 aromatic rings. The smallest absolute Gasteiger partial charge is 0.194 e. The lowest BCUT2D eigenvalue weighted by molar-refractivity contribution is 0.207. The van der Waals surface area contributed by atoms with Gasteiger partial charge < -0.3 is 14.6 Å². The lowest BCUT2D eigenvalue weighted by Gasteiger charge is -2.37. The molecule has 0 aromatic carbocycles. The molecule has 0 saturated carbocycles. The maximum atomic E-state index is 5.58. The van der Waals surface area contributed by atoms with Gasteiger partial charge in [0.25, 0.3) is 0 Å². The van der Waals surface area contributed by atoms with Crippen molar-refractivity contribution in [1.29, 1.82) is 0 Å². The Morgan fingerprint density at radius 1 is 1.39 bits per heavy atom. The molecule has 2 heterocycles. The van der Waals surface area contributed by atoms with Crippen molar-refractivity contribution in [2.75, 3.05) is 40.3 Å². The van der Waals surface area contributed by atoms with Gasteiger partial charge in [-0.05, 0) is 51.4 Å². The number of likely N-dealkylation sites (tertiary alicyclic amines) is 1. The van der Waals surface area contributed by atoms with Gasteiger partial charge in [-0.1, -0.05) is 13.8 Å². The van der Waals surface area contributed by atoms with Crippen LogP contribution < -0.4 is 5.32 Å². The number of furan rings is 1. The number of guanidine groups is 1. The summed E-state index contributed by atoms with van der Waals surface area (Å²) in [5.74, 6) is 3.44. The third-order valence-electron chi connectivity index (χ3n) is 4.41. The van der Waals surface area contributed by atoms with Crippen molar-refractivity contribution in [3.63, 3.8) is 0 Å². The minimum Gasteiger partial charge on any atom is -0.468 e. The van der Waals surface area contributed by atoms with Crippen LogP contribution >= 0.6 is 0 Å². The van der Waals surface area contributed by atoms with E-state index < -0.39 is 0 Å². The predicted octanol–water partition coefficient (Wildman–Crippen LogP) is 2.83. The molecular formula is C18H32N4O. The normalized spacial score (nSPS) is 24.1. The molecule has 1 fully saturated rings. The minimum atomic E-state index is 0.165. The molecule has 5 nitrogen and oxygen atoms in total. The van der Waals surface area contributed by atoms with Crippen LogP contribution in [0, 0.1) is 11.8 Å². The van der Waals surface area contributed by atoms with Crippen LogP contribution in [0.3, 0.4) is 0 Å². The van der Waals surface area contributed by atoms with Gasteiger partial charge in [-0.3, -0.25) is 9.89 Å². The summed E-state index contributed by atoms with van der Waals surface area (Å²) in [4.78, 5) is 9.49. The lowest BCUT2D eigenvalue weighted by Crippen LogP contribution is -2.48. The van der Waals surface area contributed by atoms with Crippen molar-refractivity contribution in [2.45, 2.75) is 33.2 Å². The molecule has 2 rings (SSSR count). The average molecular weight is 320 g/mol. The Labute approximate surface area is 140 Å². The van der Waals surface area contributed by atoms with Crippen molar-refractivity contribution in [3.05, 3.63) is 24.2 Å². The van der Waals surface area contributed by atoms with E-state index in [-0.39, 0.29) is 6.04 Å². The quantitative estimate of drug-likeness (QED) is 0.669. The molecule has 130 valence electrons. The van der Waals surface area contributed by atoms with E-state index >= 15 is 0 Å². The molecule has 23 heavy (non-hydrogen) atoms. The molecule has 1 aliphatic rings. The standard InChI is InChI=1S/C18H32N4O/c1-6-19-18(22-12-14(2)10-15(3)13-22)20-11-16(21(4)5)17-8-7-9-23-17/h7-9,14-16H,6,10-13H2,1-5H3,(H,19,20). The molecule has 0 aliphatic carbocycles. The summed E-state index contributed by atoms with van der Waals surface area (Å²) in [6.07, 6.45) is 3.04. The maximum absolute atomic E-state index is 5.58. The molecule has 0 spiro atoms. The first kappa shape index (κ1) is 17.9. The van der Waals surface area contributed by atoms with Crippen LogP contribution in [-0.4, -0.2) is 56.0 Å². The van der Waals surface area contributed by atoms with E-state index in [0.717, 1.165) is 43.2 Å². The number of rotatable bonds is 5. The predicted molar refractivity (Wildman–Crippen MR) is 95.6 cm³/mol. The Balaban J connectivity index is 2.11. The Hall–Kier alpha value is -1.49. The molecule has 1 aromatic heterocycles. The summed E-state index contributed by atoms with van der Waals surface area (Å²) in [5, 5.41) is 3.46. The highest BCUT2D eigenvalue weighted by atomic mass is 16.3. The van der Waals surface area contributed by atoms with E-state index in [1.165, 1.54) is 6.42 Å². The molecule has 1 N–H and O–H groups in total. The number of aliphatic imine (C=N–C) groups is 1. The van der Waals surface area contributed by atoms with E-state index in [2.05, 4.69) is 50.0 Å². The van der Waals surface area contributed by atoms with Gasteiger partial charge in [0.2, 0.25) is 0 Å². The zero-order chi connectivity index (χ0) is 16.8. The van der Waals surface area contributed by atoms with Gasteiger partial charge in [-0.25, -0.2) is 0 Å². The fraction of sp³-hybridized carbons (Fsp3) is 0.722. The molecule has 5 heteroatoms. The Kier molecular flexibility index (Phi) is 6.51. The van der Waals surface area contributed by atoms with Crippen molar-refractivity contribution >= 4 is 5.96 Å². The minimum absolute atomic E-state index is 0.165. The van der Waals surface area contributed by atoms with E-state index in [9.17, 15) is 0 Å². The zero-order valence-electron chi connectivity index (χ0n) is 15.2. The van der Waals surface area contributed by atoms with Crippen LogP contribution in [0.25, 0.3) is 0 Å². The molecule has 0 amide bonds. The van der Waals surface area contributed by atoms with Gasteiger partial charge in [0.05, 0.1) is 18.8 Å². The molecule has 3 atom stereocenters. The summed E-state index contributed by atoms with van der Waals surface area (Å²) in [5.41, 5.74) is 0.